The summed E-state index contributed by atoms with van der Waals surface area (Å²) in [7, 11) is 0. The van der Waals surface area contributed by atoms with Crippen LogP contribution in [0.2, 0.25) is 0 Å². The monoisotopic (exact) mass is 288 g/mol. The van der Waals surface area contributed by atoms with Crippen molar-refractivity contribution in [2.75, 3.05) is 32.8 Å². The van der Waals surface area contributed by atoms with Crippen LogP contribution in [-0.2, 0) is 4.74 Å². The Bertz CT molecular complexity index is 444. The van der Waals surface area contributed by atoms with Crippen LogP contribution in [0, 0.1) is 5.92 Å². The molecular weight excluding hydrogens is 260 g/mol. The topological polar surface area (TPSA) is 24.5 Å². The smallest absolute Gasteiger partial charge is 0.0507 e. The first-order chi connectivity index (χ1) is 10.2. The standard InChI is InChI=1S/C18H28N2O/c1-3-18(2)14-19-17(16-7-5-4-6-8-16)12-20(18)11-15-9-10-21-13-15/h4-8,15,17,19H,3,9-14H2,1-2H3. The molecule has 1 N–H and O–H groups in total. The van der Waals surface area contributed by atoms with E-state index in [2.05, 4.69) is 54.4 Å². The summed E-state index contributed by atoms with van der Waals surface area (Å²) in [4.78, 5) is 2.71. The van der Waals surface area contributed by atoms with Gasteiger partial charge in [-0.05, 0) is 31.2 Å². The molecule has 0 aromatic heterocycles. The molecule has 2 fully saturated rings. The van der Waals surface area contributed by atoms with Gasteiger partial charge < -0.3 is 10.1 Å². The predicted octanol–water partition coefficient (Wildman–Crippen LogP) is 2.84. The van der Waals surface area contributed by atoms with Gasteiger partial charge in [-0.25, -0.2) is 0 Å². The van der Waals surface area contributed by atoms with Gasteiger partial charge in [-0.2, -0.15) is 0 Å². The van der Waals surface area contributed by atoms with Crippen molar-refractivity contribution in [3.63, 3.8) is 0 Å². The van der Waals surface area contributed by atoms with Gasteiger partial charge in [0.25, 0.3) is 0 Å². The zero-order chi connectivity index (χ0) is 14.7. The van der Waals surface area contributed by atoms with Crippen LogP contribution in [0.5, 0.6) is 0 Å². The first-order valence-corrected chi connectivity index (χ1v) is 8.32. The second kappa shape index (κ2) is 6.47. The van der Waals surface area contributed by atoms with Gasteiger partial charge in [0, 0.05) is 37.8 Å². The Morgan fingerprint density at radius 3 is 2.81 bits per heavy atom. The third-order valence-electron chi connectivity index (χ3n) is 5.36. The molecule has 0 saturated carbocycles. The minimum atomic E-state index is 0.272. The molecule has 3 nitrogen and oxygen atoms in total. The van der Waals surface area contributed by atoms with Gasteiger partial charge in [-0.1, -0.05) is 37.3 Å². The Balaban J connectivity index is 1.72. The van der Waals surface area contributed by atoms with Crippen molar-refractivity contribution < 1.29 is 4.74 Å². The molecule has 2 saturated heterocycles. The van der Waals surface area contributed by atoms with Gasteiger partial charge in [-0.15, -0.1) is 0 Å². The summed E-state index contributed by atoms with van der Waals surface area (Å²) in [5, 5.41) is 3.76. The van der Waals surface area contributed by atoms with Crippen molar-refractivity contribution >= 4 is 0 Å². The Hall–Kier alpha value is -0.900. The quantitative estimate of drug-likeness (QED) is 0.922. The maximum Gasteiger partial charge on any atom is 0.0507 e. The van der Waals surface area contributed by atoms with Crippen LogP contribution in [0.15, 0.2) is 30.3 Å². The van der Waals surface area contributed by atoms with Crippen LogP contribution >= 0.6 is 0 Å². The second-order valence-corrected chi connectivity index (χ2v) is 6.83. The number of piperazine rings is 1. The van der Waals surface area contributed by atoms with E-state index < -0.39 is 0 Å². The zero-order valence-corrected chi connectivity index (χ0v) is 13.3. The van der Waals surface area contributed by atoms with E-state index in [-0.39, 0.29) is 5.54 Å². The highest BCUT2D eigenvalue weighted by molar-refractivity contribution is 5.20. The summed E-state index contributed by atoms with van der Waals surface area (Å²) < 4.78 is 5.57. The van der Waals surface area contributed by atoms with Gasteiger partial charge in [0.05, 0.1) is 6.61 Å². The van der Waals surface area contributed by atoms with Crippen molar-refractivity contribution in [2.45, 2.75) is 38.3 Å². The summed E-state index contributed by atoms with van der Waals surface area (Å²) >= 11 is 0. The molecule has 116 valence electrons. The third-order valence-corrected chi connectivity index (χ3v) is 5.36. The average molecular weight is 288 g/mol. The summed E-state index contributed by atoms with van der Waals surface area (Å²) in [6, 6.07) is 11.3. The fourth-order valence-corrected chi connectivity index (χ4v) is 3.55. The number of hydrogen-bond donors (Lipinski definition) is 1. The molecule has 3 rings (SSSR count). The average Bonchev–Trinajstić information content (AvgIpc) is 3.03. The normalized spacial score (nSPS) is 34.2. The van der Waals surface area contributed by atoms with E-state index in [4.69, 9.17) is 4.74 Å². The summed E-state index contributed by atoms with van der Waals surface area (Å²) in [6.07, 6.45) is 2.41. The van der Waals surface area contributed by atoms with E-state index in [0.717, 1.165) is 26.3 Å². The molecule has 3 heteroatoms. The van der Waals surface area contributed by atoms with Gasteiger partial charge in [0.1, 0.15) is 0 Å². The van der Waals surface area contributed by atoms with Crippen LogP contribution in [-0.4, -0.2) is 43.3 Å². The number of nitrogens with zero attached hydrogens (tertiary/aromatic N) is 1. The maximum atomic E-state index is 5.57. The lowest BCUT2D eigenvalue weighted by atomic mass is 9.89. The van der Waals surface area contributed by atoms with Crippen molar-refractivity contribution in [1.29, 1.82) is 0 Å². The summed E-state index contributed by atoms with van der Waals surface area (Å²) in [5.41, 5.74) is 1.68. The summed E-state index contributed by atoms with van der Waals surface area (Å²) in [6.45, 7) is 9.94. The van der Waals surface area contributed by atoms with Gasteiger partial charge in [0.2, 0.25) is 0 Å². The number of nitrogens with one attached hydrogen (secondary N) is 1. The van der Waals surface area contributed by atoms with E-state index in [0.29, 0.717) is 12.0 Å². The third kappa shape index (κ3) is 3.31. The van der Waals surface area contributed by atoms with E-state index in [9.17, 15) is 0 Å². The number of rotatable bonds is 4. The Morgan fingerprint density at radius 1 is 1.33 bits per heavy atom. The van der Waals surface area contributed by atoms with E-state index in [1.165, 1.54) is 24.9 Å². The fourth-order valence-electron chi connectivity index (χ4n) is 3.55. The van der Waals surface area contributed by atoms with Crippen molar-refractivity contribution in [1.82, 2.24) is 10.2 Å². The molecule has 2 aliphatic heterocycles. The van der Waals surface area contributed by atoms with Crippen LogP contribution in [0.25, 0.3) is 0 Å². The molecule has 0 amide bonds. The zero-order valence-electron chi connectivity index (χ0n) is 13.3. The molecular formula is C18H28N2O. The molecule has 0 bridgehead atoms. The lowest BCUT2D eigenvalue weighted by molar-refractivity contribution is 0.0324. The van der Waals surface area contributed by atoms with Crippen molar-refractivity contribution in [3.8, 4) is 0 Å². The number of benzene rings is 1. The second-order valence-electron chi connectivity index (χ2n) is 6.83. The highest BCUT2D eigenvalue weighted by Gasteiger charge is 2.38. The minimum Gasteiger partial charge on any atom is -0.381 e. The molecule has 3 atom stereocenters. The van der Waals surface area contributed by atoms with Crippen LogP contribution in [0.1, 0.15) is 38.3 Å². The Morgan fingerprint density at radius 2 is 2.14 bits per heavy atom. The maximum absolute atomic E-state index is 5.57. The lowest BCUT2D eigenvalue weighted by Gasteiger charge is -2.49. The van der Waals surface area contributed by atoms with Crippen molar-refractivity contribution in [2.24, 2.45) is 5.92 Å². The minimum absolute atomic E-state index is 0.272. The first kappa shape index (κ1) is 15.0. The fraction of sp³-hybridized carbons (Fsp3) is 0.667. The lowest BCUT2D eigenvalue weighted by Crippen LogP contribution is -2.61. The SMILES string of the molecule is CCC1(C)CNC(c2ccccc2)CN1CC1CCOC1. The first-order valence-electron chi connectivity index (χ1n) is 8.32. The van der Waals surface area contributed by atoms with Gasteiger partial charge in [0.15, 0.2) is 0 Å². The van der Waals surface area contributed by atoms with Crippen molar-refractivity contribution in [3.05, 3.63) is 35.9 Å². The van der Waals surface area contributed by atoms with E-state index in [1.807, 2.05) is 0 Å². The van der Waals surface area contributed by atoms with E-state index >= 15 is 0 Å². The summed E-state index contributed by atoms with van der Waals surface area (Å²) in [5.74, 6) is 0.713. The Labute approximate surface area is 128 Å². The highest BCUT2D eigenvalue weighted by Crippen LogP contribution is 2.30. The molecule has 21 heavy (non-hydrogen) atoms. The molecule has 2 heterocycles. The van der Waals surface area contributed by atoms with Crippen LogP contribution < -0.4 is 5.32 Å². The largest absolute Gasteiger partial charge is 0.381 e. The Kier molecular flexibility index (Phi) is 4.63. The number of hydrogen-bond acceptors (Lipinski definition) is 3. The predicted molar refractivity (Wildman–Crippen MR) is 86.4 cm³/mol. The van der Waals surface area contributed by atoms with Gasteiger partial charge >= 0.3 is 0 Å². The highest BCUT2D eigenvalue weighted by atomic mass is 16.5. The molecule has 0 radical (unpaired) electrons. The van der Waals surface area contributed by atoms with E-state index in [1.54, 1.807) is 0 Å². The molecule has 0 spiro atoms. The van der Waals surface area contributed by atoms with Gasteiger partial charge in [-0.3, -0.25) is 4.90 Å². The van der Waals surface area contributed by atoms with Crippen LogP contribution in [0.4, 0.5) is 0 Å². The molecule has 2 aliphatic rings. The molecule has 1 aromatic rings. The molecule has 3 unspecified atom stereocenters. The van der Waals surface area contributed by atoms with Crippen LogP contribution in [0.3, 0.4) is 0 Å². The number of ether oxygens (including phenoxy) is 1. The molecule has 0 aliphatic carbocycles. The molecule has 1 aromatic carbocycles.